The van der Waals surface area contributed by atoms with Gasteiger partial charge in [0.15, 0.2) is 0 Å². The van der Waals surface area contributed by atoms with Crippen LogP contribution in [-0.4, -0.2) is 0 Å². The van der Waals surface area contributed by atoms with E-state index < -0.39 is 0 Å². The summed E-state index contributed by atoms with van der Waals surface area (Å²) in [5.41, 5.74) is 2.89. The van der Waals surface area contributed by atoms with Crippen LogP contribution < -0.4 is 0 Å². The Hall–Kier alpha value is -0.780. The average Bonchev–Trinajstić information content (AvgIpc) is 2.45. The van der Waals surface area contributed by atoms with Crippen LogP contribution in [0.1, 0.15) is 73.9 Å². The standard InChI is InChI=1S/C10H14.3C2H6.CH4/c1-3-9-6-5-7-10(4-2)8-9;3*1-2;/h5-8H,3-4H2,1-2H3;3*1-2H3;1H4. The van der Waals surface area contributed by atoms with E-state index in [9.17, 15) is 0 Å². The summed E-state index contributed by atoms with van der Waals surface area (Å²) in [6, 6.07) is 8.77. The molecule has 0 saturated carbocycles. The maximum absolute atomic E-state index is 2.28. The van der Waals surface area contributed by atoms with E-state index >= 15 is 0 Å². The first-order chi connectivity index (χ1) is 7.86. The number of hydrogen-bond donors (Lipinski definition) is 0. The lowest BCUT2D eigenvalue weighted by atomic mass is 10.1. The Kier molecular flexibility index (Phi) is 36.2. The topological polar surface area (TPSA) is 0 Å². The van der Waals surface area contributed by atoms with Gasteiger partial charge in [-0.05, 0) is 24.0 Å². The van der Waals surface area contributed by atoms with E-state index in [4.69, 9.17) is 0 Å². The van der Waals surface area contributed by atoms with Crippen LogP contribution in [0.15, 0.2) is 24.3 Å². The minimum Gasteiger partial charge on any atom is -0.0776 e. The van der Waals surface area contributed by atoms with Gasteiger partial charge in [-0.15, -0.1) is 0 Å². The highest BCUT2D eigenvalue weighted by Crippen LogP contribution is 2.05. The van der Waals surface area contributed by atoms with Crippen LogP contribution >= 0.6 is 0 Å². The molecule has 0 heterocycles. The Morgan fingerprint density at radius 1 is 0.706 bits per heavy atom. The lowest BCUT2D eigenvalue weighted by Gasteiger charge is -1.98. The third-order valence-electron chi connectivity index (χ3n) is 1.81. The van der Waals surface area contributed by atoms with Gasteiger partial charge in [0.05, 0.1) is 0 Å². The smallest absolute Gasteiger partial charge is 0.0307 e. The number of aryl methyl sites for hydroxylation is 2. The fourth-order valence-electron chi connectivity index (χ4n) is 1.07. The average molecular weight is 240 g/mol. The fourth-order valence-corrected chi connectivity index (χ4v) is 1.07. The molecule has 1 rings (SSSR count). The van der Waals surface area contributed by atoms with E-state index in [1.165, 1.54) is 11.1 Å². The Bertz CT molecular complexity index is 182. The molecule has 1 aromatic carbocycles. The summed E-state index contributed by atoms with van der Waals surface area (Å²) in [4.78, 5) is 0. The molecule has 0 spiro atoms. The molecule has 0 nitrogen and oxygen atoms in total. The molecule has 0 atom stereocenters. The van der Waals surface area contributed by atoms with Crippen LogP contribution in [0.5, 0.6) is 0 Å². The first-order valence-corrected chi connectivity index (χ1v) is 6.94. The Morgan fingerprint density at radius 3 is 1.24 bits per heavy atom. The van der Waals surface area contributed by atoms with E-state index in [-0.39, 0.29) is 7.43 Å². The molecule has 0 aromatic heterocycles. The van der Waals surface area contributed by atoms with Crippen molar-refractivity contribution in [1.29, 1.82) is 0 Å². The van der Waals surface area contributed by atoms with Gasteiger partial charge in [-0.2, -0.15) is 0 Å². The van der Waals surface area contributed by atoms with Gasteiger partial charge in [0.1, 0.15) is 0 Å². The van der Waals surface area contributed by atoms with Gasteiger partial charge in [-0.1, -0.05) is 87.1 Å². The first-order valence-electron chi connectivity index (χ1n) is 6.94. The molecule has 0 amide bonds. The van der Waals surface area contributed by atoms with Gasteiger partial charge in [0.25, 0.3) is 0 Å². The van der Waals surface area contributed by atoms with E-state index in [0.717, 1.165) is 12.8 Å². The highest BCUT2D eigenvalue weighted by molar-refractivity contribution is 5.23. The van der Waals surface area contributed by atoms with Crippen LogP contribution in [0.2, 0.25) is 0 Å². The monoisotopic (exact) mass is 240 g/mol. The lowest BCUT2D eigenvalue weighted by Crippen LogP contribution is -1.83. The Labute approximate surface area is 111 Å². The highest BCUT2D eigenvalue weighted by atomic mass is 13.9. The van der Waals surface area contributed by atoms with E-state index in [1.54, 1.807) is 0 Å². The van der Waals surface area contributed by atoms with Crippen molar-refractivity contribution < 1.29 is 0 Å². The molecule has 0 radical (unpaired) electrons. The zero-order valence-corrected chi connectivity index (χ0v) is 12.7. The van der Waals surface area contributed by atoms with Crippen molar-refractivity contribution in [3.63, 3.8) is 0 Å². The maximum Gasteiger partial charge on any atom is -0.0307 e. The molecule has 0 N–H and O–H groups in total. The third-order valence-corrected chi connectivity index (χ3v) is 1.81. The lowest BCUT2D eigenvalue weighted by molar-refractivity contribution is 1.09. The Balaban J connectivity index is -0.000000106. The van der Waals surface area contributed by atoms with Crippen molar-refractivity contribution >= 4 is 0 Å². The minimum atomic E-state index is 0. The van der Waals surface area contributed by atoms with Crippen molar-refractivity contribution in [1.82, 2.24) is 0 Å². The maximum atomic E-state index is 2.28. The molecule has 1 aromatic rings. The van der Waals surface area contributed by atoms with Crippen molar-refractivity contribution in [2.24, 2.45) is 0 Å². The number of hydrogen-bond acceptors (Lipinski definition) is 0. The molecular formula is C17H36. The summed E-state index contributed by atoms with van der Waals surface area (Å²) in [5, 5.41) is 0. The second-order valence-electron chi connectivity index (χ2n) is 2.53. The third kappa shape index (κ3) is 15.2. The van der Waals surface area contributed by atoms with Crippen LogP contribution in [0.4, 0.5) is 0 Å². The zero-order chi connectivity index (χ0) is 13.4. The predicted molar refractivity (Wildman–Crippen MR) is 86.0 cm³/mol. The molecule has 0 fully saturated rings. The first kappa shape index (κ1) is 25.2. The molecule has 104 valence electrons. The normalized spacial score (nSPS) is 6.82. The van der Waals surface area contributed by atoms with E-state index in [0.29, 0.717) is 0 Å². The molecule has 0 saturated heterocycles. The molecule has 0 bridgehead atoms. The van der Waals surface area contributed by atoms with Crippen LogP contribution in [0.25, 0.3) is 0 Å². The molecular weight excluding hydrogens is 204 g/mol. The summed E-state index contributed by atoms with van der Waals surface area (Å²) in [7, 11) is 0. The molecule has 17 heavy (non-hydrogen) atoms. The van der Waals surface area contributed by atoms with Gasteiger partial charge < -0.3 is 0 Å². The molecule has 0 unspecified atom stereocenters. The van der Waals surface area contributed by atoms with Crippen LogP contribution in [0, 0.1) is 0 Å². The summed E-state index contributed by atoms with van der Waals surface area (Å²) in [5.74, 6) is 0. The quantitative estimate of drug-likeness (QED) is 0.551. The van der Waals surface area contributed by atoms with Crippen molar-refractivity contribution in [3.8, 4) is 0 Å². The van der Waals surface area contributed by atoms with E-state index in [2.05, 4.69) is 38.1 Å². The van der Waals surface area contributed by atoms with Gasteiger partial charge in [0, 0.05) is 0 Å². The second-order valence-corrected chi connectivity index (χ2v) is 2.53. The van der Waals surface area contributed by atoms with Gasteiger partial charge >= 0.3 is 0 Å². The van der Waals surface area contributed by atoms with Crippen LogP contribution in [-0.2, 0) is 12.8 Å². The number of benzene rings is 1. The summed E-state index contributed by atoms with van der Waals surface area (Å²) in [6.07, 6.45) is 2.29. The largest absolute Gasteiger partial charge is 0.0776 e. The molecule has 0 aliphatic carbocycles. The fraction of sp³-hybridized carbons (Fsp3) is 0.647. The van der Waals surface area contributed by atoms with E-state index in [1.807, 2.05) is 41.5 Å². The highest BCUT2D eigenvalue weighted by Gasteiger charge is 1.89. The number of rotatable bonds is 2. The molecule has 0 aliphatic heterocycles. The van der Waals surface area contributed by atoms with Gasteiger partial charge in [-0.25, -0.2) is 0 Å². The Morgan fingerprint density at radius 2 is 1.00 bits per heavy atom. The zero-order valence-electron chi connectivity index (χ0n) is 12.7. The predicted octanol–water partition coefficient (Wildman–Crippen LogP) is 6.53. The minimum absolute atomic E-state index is 0. The summed E-state index contributed by atoms with van der Waals surface area (Å²) < 4.78 is 0. The second kappa shape index (κ2) is 24.4. The molecule has 0 aliphatic rings. The van der Waals surface area contributed by atoms with Crippen molar-refractivity contribution in [3.05, 3.63) is 35.4 Å². The molecule has 0 heteroatoms. The van der Waals surface area contributed by atoms with Gasteiger partial charge in [-0.3, -0.25) is 0 Å². The van der Waals surface area contributed by atoms with Gasteiger partial charge in [0.2, 0.25) is 0 Å². The SMILES string of the molecule is C.CC.CC.CC.CCc1cccc(CC)c1. The van der Waals surface area contributed by atoms with Crippen molar-refractivity contribution in [2.75, 3.05) is 0 Å². The van der Waals surface area contributed by atoms with Crippen molar-refractivity contribution in [2.45, 2.75) is 75.7 Å². The summed E-state index contributed by atoms with van der Waals surface area (Å²) >= 11 is 0. The van der Waals surface area contributed by atoms with Crippen LogP contribution in [0.3, 0.4) is 0 Å². The summed E-state index contributed by atoms with van der Waals surface area (Å²) in [6.45, 7) is 16.4.